The molecule has 4 aromatic rings. The van der Waals surface area contributed by atoms with Gasteiger partial charge in [0.25, 0.3) is 0 Å². The molecule has 0 aromatic carbocycles. The molecule has 4 aromatic heterocycles. The van der Waals surface area contributed by atoms with E-state index in [2.05, 4.69) is 44.6 Å². The van der Waals surface area contributed by atoms with Gasteiger partial charge in [-0.05, 0) is 42.8 Å². The van der Waals surface area contributed by atoms with Crippen molar-refractivity contribution < 1.29 is 0 Å². The van der Waals surface area contributed by atoms with Crippen LogP contribution in [0.4, 0.5) is 5.82 Å². The van der Waals surface area contributed by atoms with E-state index in [1.54, 1.807) is 10.7 Å². The average molecular weight is 395 g/mol. The standard InChI is InChI=1S/C23H21N7/c1-16-10-17(4-5-26-16)19-11-21(23-20(12-24)14-28-30(23)15-19)18-2-3-22(27-13-18)29-8-6-25-7-9-29/h2-5,10-11,13-15,25H,6-9H2,1H3. The molecule has 5 rings (SSSR count). The smallest absolute Gasteiger partial charge is 0.128 e. The zero-order chi connectivity index (χ0) is 20.5. The lowest BCUT2D eigenvalue weighted by Gasteiger charge is -2.28. The van der Waals surface area contributed by atoms with E-state index in [0.717, 1.165) is 65.5 Å². The minimum atomic E-state index is 0.550. The number of hydrogen-bond acceptors (Lipinski definition) is 6. The van der Waals surface area contributed by atoms with Gasteiger partial charge in [-0.3, -0.25) is 4.98 Å². The van der Waals surface area contributed by atoms with Crippen LogP contribution >= 0.6 is 0 Å². The minimum Gasteiger partial charge on any atom is -0.354 e. The Bertz CT molecular complexity index is 1250. The number of nitriles is 1. The normalized spacial score (nSPS) is 14.1. The number of aryl methyl sites for hydroxylation is 1. The topological polar surface area (TPSA) is 82.1 Å². The van der Waals surface area contributed by atoms with Crippen LogP contribution < -0.4 is 10.2 Å². The number of rotatable bonds is 3. The first kappa shape index (κ1) is 18.3. The van der Waals surface area contributed by atoms with E-state index in [1.807, 2.05) is 37.6 Å². The van der Waals surface area contributed by atoms with E-state index >= 15 is 0 Å². The number of piperazine rings is 1. The highest BCUT2D eigenvalue weighted by atomic mass is 15.2. The molecule has 0 bridgehead atoms. The Hall–Kier alpha value is -3.76. The van der Waals surface area contributed by atoms with E-state index < -0.39 is 0 Å². The van der Waals surface area contributed by atoms with Gasteiger partial charge >= 0.3 is 0 Å². The number of nitrogens with zero attached hydrogens (tertiary/aromatic N) is 6. The van der Waals surface area contributed by atoms with Gasteiger partial charge in [-0.15, -0.1) is 0 Å². The highest BCUT2D eigenvalue weighted by Crippen LogP contribution is 2.32. The molecule has 0 unspecified atom stereocenters. The molecular weight excluding hydrogens is 374 g/mol. The van der Waals surface area contributed by atoms with Crippen LogP contribution in [0.2, 0.25) is 0 Å². The summed E-state index contributed by atoms with van der Waals surface area (Å²) in [5, 5.41) is 17.4. The van der Waals surface area contributed by atoms with Gasteiger partial charge in [-0.2, -0.15) is 10.4 Å². The van der Waals surface area contributed by atoms with E-state index in [0.29, 0.717) is 5.56 Å². The second-order valence-electron chi connectivity index (χ2n) is 7.43. The van der Waals surface area contributed by atoms with E-state index in [-0.39, 0.29) is 0 Å². The molecule has 1 aliphatic heterocycles. The van der Waals surface area contributed by atoms with Gasteiger partial charge in [0.2, 0.25) is 0 Å². The second-order valence-corrected chi connectivity index (χ2v) is 7.43. The van der Waals surface area contributed by atoms with E-state index in [9.17, 15) is 5.26 Å². The number of anilines is 1. The van der Waals surface area contributed by atoms with Crippen LogP contribution in [0.3, 0.4) is 0 Å². The fourth-order valence-corrected chi connectivity index (χ4v) is 3.93. The summed E-state index contributed by atoms with van der Waals surface area (Å²) in [5.41, 5.74) is 6.28. The Kier molecular flexibility index (Phi) is 4.62. The Balaban J connectivity index is 1.63. The fraction of sp³-hybridized carbons (Fsp3) is 0.217. The summed E-state index contributed by atoms with van der Waals surface area (Å²) in [6, 6.07) is 12.5. The Labute approximate surface area is 174 Å². The number of pyridine rings is 3. The monoisotopic (exact) mass is 395 g/mol. The largest absolute Gasteiger partial charge is 0.354 e. The van der Waals surface area contributed by atoms with Crippen molar-refractivity contribution in [2.75, 3.05) is 31.1 Å². The summed E-state index contributed by atoms with van der Waals surface area (Å²) >= 11 is 0. The summed E-state index contributed by atoms with van der Waals surface area (Å²) in [6.45, 7) is 5.82. The lowest BCUT2D eigenvalue weighted by Crippen LogP contribution is -2.43. The number of aromatic nitrogens is 4. The van der Waals surface area contributed by atoms with Crippen LogP contribution in [0, 0.1) is 18.3 Å². The van der Waals surface area contributed by atoms with Crippen LogP contribution in [0.1, 0.15) is 11.3 Å². The average Bonchev–Trinajstić information content (AvgIpc) is 3.22. The summed E-state index contributed by atoms with van der Waals surface area (Å²) in [7, 11) is 0. The van der Waals surface area contributed by atoms with Gasteiger partial charge < -0.3 is 10.2 Å². The highest BCUT2D eigenvalue weighted by molar-refractivity contribution is 5.87. The Morgan fingerprint density at radius 1 is 1.00 bits per heavy atom. The maximum atomic E-state index is 9.59. The quantitative estimate of drug-likeness (QED) is 0.574. The third kappa shape index (κ3) is 3.27. The molecule has 1 saturated heterocycles. The molecule has 0 aliphatic carbocycles. The Morgan fingerprint density at radius 3 is 2.60 bits per heavy atom. The van der Waals surface area contributed by atoms with Gasteiger partial charge in [0.05, 0.1) is 17.3 Å². The van der Waals surface area contributed by atoms with Gasteiger partial charge in [-0.25, -0.2) is 9.50 Å². The van der Waals surface area contributed by atoms with Crippen molar-refractivity contribution in [3.8, 4) is 28.3 Å². The van der Waals surface area contributed by atoms with Crippen LogP contribution in [0.25, 0.3) is 27.8 Å². The van der Waals surface area contributed by atoms with Crippen molar-refractivity contribution in [3.63, 3.8) is 0 Å². The summed E-state index contributed by atoms with van der Waals surface area (Å²) in [5.74, 6) is 0.978. The molecule has 0 atom stereocenters. The molecule has 0 spiro atoms. The van der Waals surface area contributed by atoms with Crippen molar-refractivity contribution in [2.24, 2.45) is 0 Å². The maximum Gasteiger partial charge on any atom is 0.128 e. The Morgan fingerprint density at radius 2 is 1.87 bits per heavy atom. The molecule has 5 heterocycles. The first-order valence-corrected chi connectivity index (χ1v) is 9.99. The molecule has 7 nitrogen and oxygen atoms in total. The molecule has 1 aliphatic rings. The van der Waals surface area contributed by atoms with Crippen molar-refractivity contribution in [2.45, 2.75) is 6.92 Å². The van der Waals surface area contributed by atoms with Gasteiger partial charge in [-0.1, -0.05) is 0 Å². The van der Waals surface area contributed by atoms with Gasteiger partial charge in [0.15, 0.2) is 0 Å². The van der Waals surface area contributed by atoms with Crippen LogP contribution in [-0.4, -0.2) is 45.8 Å². The zero-order valence-electron chi connectivity index (χ0n) is 16.7. The summed E-state index contributed by atoms with van der Waals surface area (Å²) < 4.78 is 1.78. The second kappa shape index (κ2) is 7.58. The van der Waals surface area contributed by atoms with Gasteiger partial charge in [0, 0.05) is 67.2 Å². The zero-order valence-corrected chi connectivity index (χ0v) is 16.7. The number of fused-ring (bicyclic) bond motifs is 1. The van der Waals surface area contributed by atoms with Crippen LogP contribution in [0.5, 0.6) is 0 Å². The minimum absolute atomic E-state index is 0.550. The highest BCUT2D eigenvalue weighted by Gasteiger charge is 2.16. The van der Waals surface area contributed by atoms with E-state index in [1.165, 1.54) is 0 Å². The molecule has 0 amide bonds. The molecule has 0 radical (unpaired) electrons. The molecule has 1 fully saturated rings. The predicted octanol–water partition coefficient (Wildman–Crippen LogP) is 3.05. The molecule has 1 N–H and O–H groups in total. The fourth-order valence-electron chi connectivity index (χ4n) is 3.93. The molecule has 7 heteroatoms. The maximum absolute atomic E-state index is 9.59. The SMILES string of the molecule is Cc1cc(-c2cc(-c3ccc(N4CCNCC4)nc3)c3c(C#N)cnn3c2)ccn1. The van der Waals surface area contributed by atoms with E-state index in [4.69, 9.17) is 4.98 Å². The van der Waals surface area contributed by atoms with Crippen molar-refractivity contribution in [1.82, 2.24) is 24.9 Å². The molecule has 0 saturated carbocycles. The van der Waals surface area contributed by atoms with Gasteiger partial charge in [0.1, 0.15) is 11.9 Å². The lowest BCUT2D eigenvalue weighted by atomic mass is 10.00. The lowest BCUT2D eigenvalue weighted by molar-refractivity contribution is 0.585. The van der Waals surface area contributed by atoms with Crippen LogP contribution in [0.15, 0.2) is 55.1 Å². The van der Waals surface area contributed by atoms with Crippen molar-refractivity contribution in [3.05, 3.63) is 66.4 Å². The van der Waals surface area contributed by atoms with Crippen molar-refractivity contribution >= 4 is 11.3 Å². The third-order valence-corrected chi connectivity index (χ3v) is 5.46. The number of hydrogen-bond donors (Lipinski definition) is 1. The third-order valence-electron chi connectivity index (χ3n) is 5.46. The number of nitrogens with one attached hydrogen (secondary N) is 1. The summed E-state index contributed by atoms with van der Waals surface area (Å²) in [6.07, 6.45) is 7.27. The molecule has 30 heavy (non-hydrogen) atoms. The first-order chi connectivity index (χ1) is 14.7. The van der Waals surface area contributed by atoms with Crippen molar-refractivity contribution in [1.29, 1.82) is 5.26 Å². The first-order valence-electron chi connectivity index (χ1n) is 9.99. The predicted molar refractivity (Wildman–Crippen MR) is 116 cm³/mol. The molecular formula is C23H21N7. The summed E-state index contributed by atoms with van der Waals surface area (Å²) in [4.78, 5) is 11.3. The molecule has 148 valence electrons. The van der Waals surface area contributed by atoms with Crippen LogP contribution in [-0.2, 0) is 0 Å².